The number of sulfonamides is 1. The number of aliphatic hydroxyl groups is 2. The minimum atomic E-state index is -4.79. The summed E-state index contributed by atoms with van der Waals surface area (Å²) in [6, 6.07) is 18.4. The second-order valence-corrected chi connectivity index (χ2v) is 10.9. The number of rotatable bonds is 8. The minimum Gasteiger partial charge on any atom is -0.485 e. The summed E-state index contributed by atoms with van der Waals surface area (Å²) >= 11 is 0. The summed E-state index contributed by atoms with van der Waals surface area (Å²) in [6.07, 6.45) is -6.14. The van der Waals surface area contributed by atoms with E-state index in [4.69, 9.17) is 9.47 Å². The summed E-state index contributed by atoms with van der Waals surface area (Å²) in [7, 11) is -4.60. The fourth-order valence-electron chi connectivity index (χ4n) is 4.14. The molecule has 1 unspecified atom stereocenters. The van der Waals surface area contributed by atoms with Crippen LogP contribution in [0.4, 0.5) is 13.2 Å². The minimum absolute atomic E-state index is 0.0540. The Kier molecular flexibility index (Phi) is 8.05. The van der Waals surface area contributed by atoms with Crippen molar-refractivity contribution in [3.05, 3.63) is 89.0 Å². The van der Waals surface area contributed by atoms with Crippen LogP contribution in [0.1, 0.15) is 22.3 Å². The van der Waals surface area contributed by atoms with E-state index in [0.29, 0.717) is 18.2 Å². The van der Waals surface area contributed by atoms with Crippen LogP contribution < -0.4 is 9.47 Å². The molecule has 3 aromatic rings. The van der Waals surface area contributed by atoms with Crippen LogP contribution in [0.25, 0.3) is 0 Å². The van der Waals surface area contributed by atoms with Crippen LogP contribution in [0.5, 0.6) is 11.5 Å². The first kappa shape index (κ1) is 28.9. The third-order valence-corrected chi connectivity index (χ3v) is 8.19. The van der Waals surface area contributed by atoms with E-state index in [9.17, 15) is 42.3 Å². The van der Waals surface area contributed by atoms with Crippen molar-refractivity contribution in [3.63, 3.8) is 0 Å². The summed E-state index contributed by atoms with van der Waals surface area (Å²) in [4.78, 5) is -0.686. The fraction of sp³-hybridized carbons (Fsp3) is 0.259. The van der Waals surface area contributed by atoms with Gasteiger partial charge in [-0.3, -0.25) is 0 Å². The van der Waals surface area contributed by atoms with E-state index in [1.54, 1.807) is 0 Å². The number of β-amino-alcohol motifs (C(OH)–C–C–N with tert-alkyl or cyclic N) is 1. The maximum atomic E-state index is 13.4. The monoisotopic (exact) mass is 573 g/mol. The molecule has 3 aromatic carbocycles. The number of nitrogens with zero attached hydrogens (tertiary/aromatic N) is 3. The molecule has 208 valence electrons. The van der Waals surface area contributed by atoms with Crippen molar-refractivity contribution < 1.29 is 41.3 Å². The van der Waals surface area contributed by atoms with E-state index >= 15 is 0 Å². The highest BCUT2D eigenvalue weighted by molar-refractivity contribution is 7.89. The van der Waals surface area contributed by atoms with Crippen LogP contribution in [-0.4, -0.2) is 54.3 Å². The number of hydrogen-bond donors (Lipinski definition) is 2. The maximum absolute atomic E-state index is 13.4. The lowest BCUT2D eigenvalue weighted by atomic mass is 10.0. The first-order valence-corrected chi connectivity index (χ1v) is 13.2. The number of ether oxygens (including phenoxy) is 2. The van der Waals surface area contributed by atoms with Crippen LogP contribution in [-0.2, 0) is 22.8 Å². The van der Waals surface area contributed by atoms with Crippen molar-refractivity contribution in [2.24, 2.45) is 0 Å². The molecule has 0 aromatic heterocycles. The van der Waals surface area contributed by atoms with Gasteiger partial charge in [-0.2, -0.15) is 28.0 Å². The van der Waals surface area contributed by atoms with Gasteiger partial charge in [-0.25, -0.2) is 8.42 Å². The summed E-state index contributed by atoms with van der Waals surface area (Å²) < 4.78 is 78.5. The van der Waals surface area contributed by atoms with Crippen LogP contribution in [0.15, 0.2) is 71.6 Å². The Morgan fingerprint density at radius 3 is 2.38 bits per heavy atom. The molecule has 0 bridgehead atoms. The molecule has 0 radical (unpaired) electrons. The first-order chi connectivity index (χ1) is 18.9. The van der Waals surface area contributed by atoms with Gasteiger partial charge in [0, 0.05) is 12.6 Å². The van der Waals surface area contributed by atoms with Gasteiger partial charge in [-0.05, 0) is 35.9 Å². The number of aliphatic hydroxyl groups excluding tert-OH is 1. The lowest BCUT2D eigenvalue weighted by Gasteiger charge is -2.27. The maximum Gasteiger partial charge on any atom is 0.416 e. The lowest BCUT2D eigenvalue weighted by molar-refractivity contribution is -0.137. The van der Waals surface area contributed by atoms with Crippen molar-refractivity contribution in [1.29, 1.82) is 10.5 Å². The number of benzene rings is 3. The van der Waals surface area contributed by atoms with Crippen LogP contribution in [0.3, 0.4) is 0 Å². The largest absolute Gasteiger partial charge is 0.485 e. The van der Waals surface area contributed by atoms with E-state index in [0.717, 1.165) is 9.87 Å². The summed E-state index contributed by atoms with van der Waals surface area (Å²) in [6.45, 7) is -1.99. The average molecular weight is 574 g/mol. The molecule has 2 atom stereocenters. The zero-order chi connectivity index (χ0) is 29.1. The number of nitriles is 2. The molecule has 2 N–H and O–H groups in total. The van der Waals surface area contributed by atoms with Crippen molar-refractivity contribution in [1.82, 2.24) is 4.31 Å². The molecule has 4 rings (SSSR count). The molecular formula is C27H22F3N3O6S. The SMILES string of the molecule is N#Cc1ccc(OC2CN(S(=O)(=O)c3ccc(C(F)(F)F)cc3C#N)C[C@@]2(O)CO)c(OCc2ccccc2)c1. The second kappa shape index (κ2) is 11.2. The zero-order valence-electron chi connectivity index (χ0n) is 20.7. The third kappa shape index (κ3) is 5.88. The van der Waals surface area contributed by atoms with Gasteiger partial charge in [0.25, 0.3) is 0 Å². The van der Waals surface area contributed by atoms with Gasteiger partial charge in [0.15, 0.2) is 11.5 Å². The quantitative estimate of drug-likeness (QED) is 0.418. The molecule has 1 fully saturated rings. The van der Waals surface area contributed by atoms with Crippen molar-refractivity contribution in [3.8, 4) is 23.6 Å². The molecule has 0 spiro atoms. The number of hydrogen-bond acceptors (Lipinski definition) is 8. The molecule has 9 nitrogen and oxygen atoms in total. The van der Waals surface area contributed by atoms with Gasteiger partial charge >= 0.3 is 6.18 Å². The van der Waals surface area contributed by atoms with E-state index in [-0.39, 0.29) is 23.7 Å². The van der Waals surface area contributed by atoms with Crippen molar-refractivity contribution >= 4 is 10.0 Å². The molecule has 0 aliphatic carbocycles. The average Bonchev–Trinajstić information content (AvgIpc) is 3.29. The van der Waals surface area contributed by atoms with Gasteiger partial charge < -0.3 is 19.7 Å². The van der Waals surface area contributed by atoms with Crippen LogP contribution in [0.2, 0.25) is 0 Å². The van der Waals surface area contributed by atoms with E-state index in [2.05, 4.69) is 0 Å². The van der Waals surface area contributed by atoms with Gasteiger partial charge in [0.2, 0.25) is 10.0 Å². The molecule has 13 heteroatoms. The predicted molar refractivity (Wildman–Crippen MR) is 133 cm³/mol. The zero-order valence-corrected chi connectivity index (χ0v) is 21.5. The lowest BCUT2D eigenvalue weighted by Crippen LogP contribution is -2.48. The second-order valence-electron chi connectivity index (χ2n) is 9.03. The molecule has 0 amide bonds. The molecule has 1 saturated heterocycles. The summed E-state index contributed by atoms with van der Waals surface area (Å²) in [5, 5.41) is 39.7. The van der Waals surface area contributed by atoms with E-state index in [1.165, 1.54) is 24.3 Å². The fourth-order valence-corrected chi connectivity index (χ4v) is 5.77. The molecule has 1 heterocycles. The Morgan fingerprint density at radius 1 is 1.02 bits per heavy atom. The van der Waals surface area contributed by atoms with Crippen LogP contribution >= 0.6 is 0 Å². The molecule has 40 heavy (non-hydrogen) atoms. The smallest absolute Gasteiger partial charge is 0.416 e. The first-order valence-electron chi connectivity index (χ1n) is 11.7. The normalized spacial score (nSPS) is 19.5. The predicted octanol–water partition coefficient (Wildman–Crippen LogP) is 3.20. The third-order valence-electron chi connectivity index (χ3n) is 6.32. The van der Waals surface area contributed by atoms with Crippen LogP contribution in [0, 0.1) is 22.7 Å². The number of halogens is 3. The highest BCUT2D eigenvalue weighted by Crippen LogP contribution is 2.37. The molecular weight excluding hydrogens is 551 g/mol. The number of alkyl halides is 3. The highest BCUT2D eigenvalue weighted by Gasteiger charge is 2.51. The van der Waals surface area contributed by atoms with Gasteiger partial charge in [-0.1, -0.05) is 30.3 Å². The van der Waals surface area contributed by atoms with E-state index in [1.807, 2.05) is 36.4 Å². The molecule has 0 saturated carbocycles. The Hall–Kier alpha value is -4.14. The van der Waals surface area contributed by atoms with Crippen molar-refractivity contribution in [2.75, 3.05) is 19.7 Å². The Morgan fingerprint density at radius 2 is 1.75 bits per heavy atom. The Labute approximate surface area is 227 Å². The van der Waals surface area contributed by atoms with Gasteiger partial charge in [0.1, 0.15) is 24.4 Å². The Balaban J connectivity index is 1.62. The van der Waals surface area contributed by atoms with Gasteiger partial charge in [0.05, 0.1) is 40.8 Å². The summed E-state index contributed by atoms with van der Waals surface area (Å²) in [5.41, 5.74) is -2.98. The summed E-state index contributed by atoms with van der Waals surface area (Å²) in [5.74, 6) is 0.178. The standard InChI is InChI=1S/C27H22F3N3O6S/c28-27(29,30)21-7-9-24(20(11-21)13-32)40(36,37)33-14-25(26(35,16-33)17-34)39-22-8-6-19(12-31)10-23(22)38-15-18-4-2-1-3-5-18/h1-11,25,34-35H,14-17H2/t25?,26-/m1/s1. The highest BCUT2D eigenvalue weighted by atomic mass is 32.2. The van der Waals surface area contributed by atoms with Crippen molar-refractivity contribution in [2.45, 2.75) is 29.4 Å². The van der Waals surface area contributed by atoms with Gasteiger partial charge in [-0.15, -0.1) is 0 Å². The molecule has 1 aliphatic heterocycles. The topological polar surface area (TPSA) is 144 Å². The molecule has 1 aliphatic rings. The van der Waals surface area contributed by atoms with E-state index < -0.39 is 63.6 Å². The Bertz CT molecular complexity index is 1590.